The fourth-order valence-electron chi connectivity index (χ4n) is 8.24. The van der Waals surface area contributed by atoms with Crippen molar-refractivity contribution in [2.75, 3.05) is 0 Å². The number of benzene rings is 8. The second-order valence-electron chi connectivity index (χ2n) is 14.0. The highest BCUT2D eigenvalue weighted by molar-refractivity contribution is 6.25. The van der Waals surface area contributed by atoms with Crippen LogP contribution in [0.15, 0.2) is 200 Å². The number of allylic oxidation sites excluding steroid dienone is 4. The number of rotatable bonds is 6. The number of aromatic nitrogens is 2. The third kappa shape index (κ3) is 5.60. The van der Waals surface area contributed by atoms with Crippen LogP contribution in [0, 0.1) is 0 Å². The summed E-state index contributed by atoms with van der Waals surface area (Å²) in [7, 11) is 0. The minimum atomic E-state index is 0.126. The Morgan fingerprint density at radius 1 is 0.352 bits per heavy atom. The molecule has 54 heavy (non-hydrogen) atoms. The summed E-state index contributed by atoms with van der Waals surface area (Å²) in [5.41, 5.74) is 11.1. The predicted octanol–water partition coefficient (Wildman–Crippen LogP) is 13.9. The van der Waals surface area contributed by atoms with Crippen LogP contribution >= 0.6 is 0 Å². The van der Waals surface area contributed by atoms with E-state index >= 15 is 0 Å². The van der Waals surface area contributed by atoms with Gasteiger partial charge in [0.15, 0.2) is 0 Å². The number of fused-ring (bicyclic) bond motifs is 6. The molecule has 254 valence electrons. The number of nitrogens with zero attached hydrogens (tertiary/aromatic N) is 2. The molecule has 0 N–H and O–H groups in total. The fraction of sp³-hybridized carbons (Fsp3) is 0.0385. The average Bonchev–Trinajstić information content (AvgIpc) is 3.27. The van der Waals surface area contributed by atoms with Crippen LogP contribution in [0.25, 0.3) is 88.2 Å². The molecule has 1 heterocycles. The molecule has 0 spiro atoms. The molecule has 1 atom stereocenters. The lowest BCUT2D eigenvalue weighted by Gasteiger charge is -2.19. The lowest BCUT2D eigenvalue weighted by molar-refractivity contribution is 0.775. The van der Waals surface area contributed by atoms with E-state index in [1.807, 2.05) is 6.07 Å². The SMILES string of the molecule is C1=CCC(c2nc(-c3ccccc3)cc(-c3ccccc3-c3ccccc3-c3ccccc3-c3ccc4c5ccccc5c5ccccc5c4c3)n2)C=C1. The van der Waals surface area contributed by atoms with Gasteiger partial charge in [0.25, 0.3) is 0 Å². The maximum absolute atomic E-state index is 5.29. The molecule has 10 rings (SSSR count). The highest BCUT2D eigenvalue weighted by Crippen LogP contribution is 2.43. The zero-order valence-electron chi connectivity index (χ0n) is 29.7. The Hall–Kier alpha value is -6.90. The van der Waals surface area contributed by atoms with Crippen LogP contribution in [0.4, 0.5) is 0 Å². The van der Waals surface area contributed by atoms with Crippen LogP contribution in [0.3, 0.4) is 0 Å². The van der Waals surface area contributed by atoms with Crippen LogP contribution in [0.2, 0.25) is 0 Å². The molecule has 0 bridgehead atoms. The molecular formula is C52H36N2. The van der Waals surface area contributed by atoms with Gasteiger partial charge in [-0.3, -0.25) is 0 Å². The highest BCUT2D eigenvalue weighted by Gasteiger charge is 2.20. The van der Waals surface area contributed by atoms with E-state index in [4.69, 9.17) is 9.97 Å². The van der Waals surface area contributed by atoms with E-state index in [1.54, 1.807) is 0 Å². The second kappa shape index (κ2) is 13.6. The first-order valence-corrected chi connectivity index (χ1v) is 18.7. The minimum Gasteiger partial charge on any atom is -0.232 e. The molecule has 2 heteroatoms. The molecule has 0 saturated carbocycles. The molecule has 1 unspecified atom stereocenters. The first-order valence-electron chi connectivity index (χ1n) is 18.7. The molecular weight excluding hydrogens is 653 g/mol. The summed E-state index contributed by atoms with van der Waals surface area (Å²) in [6.07, 6.45) is 9.50. The first-order chi connectivity index (χ1) is 26.8. The lowest BCUT2D eigenvalue weighted by Crippen LogP contribution is -2.06. The van der Waals surface area contributed by atoms with E-state index in [2.05, 4.69) is 194 Å². The fourth-order valence-corrected chi connectivity index (χ4v) is 8.24. The van der Waals surface area contributed by atoms with E-state index in [0.29, 0.717) is 0 Å². The summed E-state index contributed by atoms with van der Waals surface area (Å²) >= 11 is 0. The highest BCUT2D eigenvalue weighted by atomic mass is 14.9. The van der Waals surface area contributed by atoms with E-state index in [-0.39, 0.29) is 5.92 Å². The molecule has 1 aliphatic carbocycles. The molecule has 0 aliphatic heterocycles. The zero-order valence-corrected chi connectivity index (χ0v) is 29.7. The van der Waals surface area contributed by atoms with Gasteiger partial charge < -0.3 is 0 Å². The van der Waals surface area contributed by atoms with Crippen LogP contribution in [-0.4, -0.2) is 9.97 Å². The molecule has 0 fully saturated rings. The molecule has 0 radical (unpaired) electrons. The summed E-state index contributed by atoms with van der Waals surface area (Å²) in [6.45, 7) is 0. The van der Waals surface area contributed by atoms with Crippen molar-refractivity contribution in [1.82, 2.24) is 9.97 Å². The summed E-state index contributed by atoms with van der Waals surface area (Å²) in [4.78, 5) is 10.4. The van der Waals surface area contributed by atoms with Crippen molar-refractivity contribution in [3.05, 3.63) is 206 Å². The van der Waals surface area contributed by atoms with Crippen LogP contribution in [0.5, 0.6) is 0 Å². The molecule has 2 nitrogen and oxygen atoms in total. The van der Waals surface area contributed by atoms with Gasteiger partial charge in [-0.1, -0.05) is 188 Å². The van der Waals surface area contributed by atoms with Gasteiger partial charge >= 0.3 is 0 Å². The van der Waals surface area contributed by atoms with Crippen molar-refractivity contribution in [1.29, 1.82) is 0 Å². The van der Waals surface area contributed by atoms with E-state index in [1.165, 1.54) is 60.1 Å². The molecule has 0 saturated heterocycles. The van der Waals surface area contributed by atoms with Crippen molar-refractivity contribution in [3.63, 3.8) is 0 Å². The summed E-state index contributed by atoms with van der Waals surface area (Å²) in [5, 5.41) is 7.68. The Balaban J connectivity index is 1.14. The van der Waals surface area contributed by atoms with E-state index < -0.39 is 0 Å². The minimum absolute atomic E-state index is 0.126. The molecule has 1 aliphatic rings. The Kier molecular flexibility index (Phi) is 8.00. The topological polar surface area (TPSA) is 25.8 Å². The van der Waals surface area contributed by atoms with Crippen LogP contribution < -0.4 is 0 Å². The molecule has 8 aromatic carbocycles. The van der Waals surface area contributed by atoms with Gasteiger partial charge in [-0.2, -0.15) is 0 Å². The Morgan fingerprint density at radius 2 is 0.833 bits per heavy atom. The summed E-state index contributed by atoms with van der Waals surface area (Å²) in [5.74, 6) is 0.970. The van der Waals surface area contributed by atoms with Gasteiger partial charge in [-0.25, -0.2) is 9.97 Å². The lowest BCUT2D eigenvalue weighted by atomic mass is 9.86. The molecule has 0 amide bonds. The van der Waals surface area contributed by atoms with Crippen molar-refractivity contribution in [2.45, 2.75) is 12.3 Å². The molecule has 1 aromatic heterocycles. The standard InChI is InChI=1S/C52H36N2/c1-3-17-35(18-4-1)50-34-51(54-52(53-50)36-19-5-2-6-20-36)48-30-16-15-28-45(48)42-25-11-9-23-40(42)39-22-8-7-21-38(39)37-31-32-47-44-27-12-10-24-41(44)43-26-13-14-29-46(43)49(47)33-37/h1-19,21-34,36H,20H2. The normalized spacial score (nSPS) is 13.9. The van der Waals surface area contributed by atoms with Crippen molar-refractivity contribution >= 4 is 32.3 Å². The monoisotopic (exact) mass is 688 g/mol. The van der Waals surface area contributed by atoms with Gasteiger partial charge in [0, 0.05) is 17.0 Å². The zero-order chi connectivity index (χ0) is 35.8. The van der Waals surface area contributed by atoms with Crippen molar-refractivity contribution < 1.29 is 0 Å². The predicted molar refractivity (Wildman–Crippen MR) is 227 cm³/mol. The summed E-state index contributed by atoms with van der Waals surface area (Å²) < 4.78 is 0. The molecule has 9 aromatic rings. The number of hydrogen-bond acceptors (Lipinski definition) is 2. The smallest absolute Gasteiger partial charge is 0.136 e. The Labute approximate surface area is 315 Å². The second-order valence-corrected chi connectivity index (χ2v) is 14.0. The van der Waals surface area contributed by atoms with Gasteiger partial charge in [0.05, 0.1) is 11.4 Å². The third-order valence-electron chi connectivity index (χ3n) is 10.8. The quantitative estimate of drug-likeness (QED) is 0.163. The van der Waals surface area contributed by atoms with Crippen LogP contribution in [0.1, 0.15) is 18.2 Å². The van der Waals surface area contributed by atoms with Crippen LogP contribution in [-0.2, 0) is 0 Å². The van der Waals surface area contributed by atoms with Crippen molar-refractivity contribution in [3.8, 4) is 55.9 Å². The maximum Gasteiger partial charge on any atom is 0.136 e. The van der Waals surface area contributed by atoms with E-state index in [9.17, 15) is 0 Å². The first kappa shape index (κ1) is 31.8. The van der Waals surface area contributed by atoms with Gasteiger partial charge in [-0.05, 0) is 84.3 Å². The van der Waals surface area contributed by atoms with E-state index in [0.717, 1.165) is 40.3 Å². The van der Waals surface area contributed by atoms with Gasteiger partial charge in [0.1, 0.15) is 5.82 Å². The van der Waals surface area contributed by atoms with Crippen molar-refractivity contribution in [2.24, 2.45) is 0 Å². The third-order valence-corrected chi connectivity index (χ3v) is 10.8. The Bertz CT molecular complexity index is 2880. The largest absolute Gasteiger partial charge is 0.232 e. The maximum atomic E-state index is 5.29. The van der Waals surface area contributed by atoms with Gasteiger partial charge in [0.2, 0.25) is 0 Å². The number of hydrogen-bond donors (Lipinski definition) is 0. The average molecular weight is 689 g/mol. The summed E-state index contributed by atoms with van der Waals surface area (Å²) in [6, 6.07) is 63.5. The Morgan fingerprint density at radius 3 is 1.44 bits per heavy atom. The van der Waals surface area contributed by atoms with Gasteiger partial charge in [-0.15, -0.1) is 0 Å².